The first-order valence-electron chi connectivity index (χ1n) is 10.8. The molecule has 188 valence electrons. The summed E-state index contributed by atoms with van der Waals surface area (Å²) in [6, 6.07) is 12.8. The Morgan fingerprint density at radius 3 is 2.09 bits per heavy atom. The summed E-state index contributed by atoms with van der Waals surface area (Å²) in [6.07, 6.45) is -0.178. The molecule has 0 atom stereocenters. The van der Waals surface area contributed by atoms with E-state index < -0.39 is 21.7 Å². The third-order valence-corrected chi connectivity index (χ3v) is 7.28. The molecule has 0 aliphatic carbocycles. The van der Waals surface area contributed by atoms with E-state index in [1.54, 1.807) is 25.2 Å². The van der Waals surface area contributed by atoms with Gasteiger partial charge in [0.15, 0.2) is 11.5 Å². The van der Waals surface area contributed by atoms with Gasteiger partial charge in [-0.25, -0.2) is 17.2 Å². The first kappa shape index (κ1) is 26.2. The highest BCUT2D eigenvalue weighted by Crippen LogP contribution is 2.39. The van der Waals surface area contributed by atoms with Gasteiger partial charge in [0, 0.05) is 31.1 Å². The van der Waals surface area contributed by atoms with Crippen LogP contribution in [-0.4, -0.2) is 49.9 Å². The molecule has 3 rings (SSSR count). The Morgan fingerprint density at radius 1 is 0.857 bits per heavy atom. The third kappa shape index (κ3) is 5.49. The van der Waals surface area contributed by atoms with Gasteiger partial charge in [-0.3, -0.25) is 4.31 Å². The fourth-order valence-electron chi connectivity index (χ4n) is 3.72. The van der Waals surface area contributed by atoms with E-state index in [1.165, 1.54) is 49.9 Å². The molecule has 0 saturated heterocycles. The lowest BCUT2D eigenvalue weighted by molar-refractivity contribution is 0.354. The Morgan fingerprint density at radius 2 is 1.49 bits per heavy atom. The number of ether oxygens (including phenoxy) is 3. The molecule has 0 aliphatic heterocycles. The van der Waals surface area contributed by atoms with Crippen molar-refractivity contribution >= 4 is 15.7 Å². The summed E-state index contributed by atoms with van der Waals surface area (Å²) in [4.78, 5) is -0.0415. The van der Waals surface area contributed by atoms with Crippen molar-refractivity contribution in [1.29, 1.82) is 0 Å². The van der Waals surface area contributed by atoms with Crippen LogP contribution in [0.3, 0.4) is 0 Å². The molecule has 0 aliphatic rings. The number of benzene rings is 3. The first-order valence-corrected chi connectivity index (χ1v) is 12.2. The van der Waals surface area contributed by atoms with E-state index in [2.05, 4.69) is 5.32 Å². The third-order valence-electron chi connectivity index (χ3n) is 5.49. The van der Waals surface area contributed by atoms with Crippen LogP contribution in [0.5, 0.6) is 17.2 Å². The Labute approximate surface area is 204 Å². The fourth-order valence-corrected chi connectivity index (χ4v) is 5.25. The molecule has 0 spiro atoms. The molecule has 0 fully saturated rings. The van der Waals surface area contributed by atoms with Crippen molar-refractivity contribution in [3.63, 3.8) is 0 Å². The molecule has 0 saturated carbocycles. The lowest BCUT2D eigenvalue weighted by Gasteiger charge is -2.28. The highest BCUT2D eigenvalue weighted by Gasteiger charge is 2.30. The minimum Gasteiger partial charge on any atom is -0.495 e. The number of methoxy groups -OCH3 is 3. The van der Waals surface area contributed by atoms with Crippen molar-refractivity contribution in [3.8, 4) is 17.2 Å². The van der Waals surface area contributed by atoms with Crippen LogP contribution in [0.2, 0.25) is 0 Å². The van der Waals surface area contributed by atoms with Crippen LogP contribution in [0.1, 0.15) is 11.1 Å². The summed E-state index contributed by atoms with van der Waals surface area (Å²) in [6.45, 7) is 0.332. The Kier molecular flexibility index (Phi) is 8.52. The average molecular weight is 507 g/mol. The van der Waals surface area contributed by atoms with E-state index in [1.807, 2.05) is 0 Å². The number of para-hydroxylation sites is 1. The second-order valence-corrected chi connectivity index (χ2v) is 9.40. The highest BCUT2D eigenvalue weighted by atomic mass is 32.2. The van der Waals surface area contributed by atoms with Gasteiger partial charge < -0.3 is 19.5 Å². The van der Waals surface area contributed by atoms with E-state index >= 15 is 0 Å². The first-order chi connectivity index (χ1) is 16.8. The summed E-state index contributed by atoms with van der Waals surface area (Å²) >= 11 is 0. The molecule has 1 N–H and O–H groups in total. The predicted octanol–water partition coefficient (Wildman–Crippen LogP) is 4.00. The number of nitrogens with one attached hydrogen (secondary N) is 1. The molecule has 0 amide bonds. The molecule has 0 aromatic heterocycles. The maximum atomic E-state index is 14.5. The SMILES string of the molecule is CNCCN(c1c(Cc2c(F)cccc2F)cccc1OC)S(=O)(=O)c1ccc(OC)c(OC)c1. The minimum atomic E-state index is -4.16. The normalized spacial score (nSPS) is 11.3. The number of likely N-dealkylation sites (N-methyl/N-ethyl adjacent to an activating group) is 1. The maximum Gasteiger partial charge on any atom is 0.264 e. The molecule has 7 nitrogen and oxygen atoms in total. The molecule has 0 heterocycles. The summed E-state index contributed by atoms with van der Waals surface area (Å²) in [5.41, 5.74) is 0.412. The molecule has 35 heavy (non-hydrogen) atoms. The van der Waals surface area contributed by atoms with Crippen LogP contribution >= 0.6 is 0 Å². The fraction of sp³-hybridized carbons (Fsp3) is 0.280. The number of rotatable bonds is 11. The van der Waals surface area contributed by atoms with Gasteiger partial charge in [0.25, 0.3) is 10.0 Å². The number of halogens is 2. The topological polar surface area (TPSA) is 77.1 Å². The lowest BCUT2D eigenvalue weighted by atomic mass is 10.0. The van der Waals surface area contributed by atoms with Crippen molar-refractivity contribution in [1.82, 2.24) is 5.32 Å². The van der Waals surface area contributed by atoms with Crippen molar-refractivity contribution in [2.24, 2.45) is 0 Å². The Hall–Kier alpha value is -3.37. The van der Waals surface area contributed by atoms with Crippen molar-refractivity contribution in [2.45, 2.75) is 11.3 Å². The van der Waals surface area contributed by atoms with Crippen LogP contribution in [0.15, 0.2) is 59.5 Å². The number of sulfonamides is 1. The standard InChI is InChI=1S/C25H28F2N2O5S/c1-28-13-14-29(35(30,31)18-11-12-22(32-2)24(16-18)34-4)25-17(7-5-10-23(25)33-3)15-19-20(26)8-6-9-21(19)27/h5-12,16,28H,13-15H2,1-4H3. The number of hydrogen-bond acceptors (Lipinski definition) is 6. The van der Waals surface area contributed by atoms with Gasteiger partial charge in [-0.15, -0.1) is 0 Å². The van der Waals surface area contributed by atoms with Gasteiger partial charge in [-0.1, -0.05) is 18.2 Å². The Bertz CT molecular complexity index is 1260. The zero-order valence-corrected chi connectivity index (χ0v) is 20.8. The lowest BCUT2D eigenvalue weighted by Crippen LogP contribution is -2.37. The predicted molar refractivity (Wildman–Crippen MR) is 130 cm³/mol. The average Bonchev–Trinajstić information content (AvgIpc) is 2.86. The van der Waals surface area contributed by atoms with Crippen LogP contribution in [-0.2, 0) is 16.4 Å². The monoisotopic (exact) mass is 506 g/mol. The van der Waals surface area contributed by atoms with E-state index in [0.717, 1.165) is 12.1 Å². The second-order valence-electron chi connectivity index (χ2n) is 7.54. The molecule has 3 aromatic rings. The van der Waals surface area contributed by atoms with Crippen LogP contribution in [0.25, 0.3) is 0 Å². The minimum absolute atomic E-state index is 0.0281. The van der Waals surface area contributed by atoms with E-state index in [9.17, 15) is 17.2 Å². The zero-order chi connectivity index (χ0) is 25.6. The zero-order valence-electron chi connectivity index (χ0n) is 20.0. The molecule has 10 heteroatoms. The van der Waals surface area contributed by atoms with Gasteiger partial charge in [0.1, 0.15) is 17.4 Å². The quantitative estimate of drug-likeness (QED) is 0.424. The molecule has 0 unspecified atom stereocenters. The van der Waals surface area contributed by atoms with Crippen LogP contribution in [0.4, 0.5) is 14.5 Å². The highest BCUT2D eigenvalue weighted by molar-refractivity contribution is 7.92. The molecule has 0 bridgehead atoms. The number of nitrogens with zero attached hydrogens (tertiary/aromatic N) is 1. The summed E-state index contributed by atoms with van der Waals surface area (Å²) in [5.74, 6) is -0.567. The maximum absolute atomic E-state index is 14.5. The number of anilines is 1. The molecular weight excluding hydrogens is 478 g/mol. The molecule has 0 radical (unpaired) electrons. The van der Waals surface area contributed by atoms with Gasteiger partial charge in [0.2, 0.25) is 0 Å². The van der Waals surface area contributed by atoms with E-state index in [0.29, 0.717) is 17.9 Å². The summed E-state index contributed by atoms with van der Waals surface area (Å²) in [7, 11) is 1.80. The number of hydrogen-bond donors (Lipinski definition) is 1. The van der Waals surface area contributed by atoms with Crippen molar-refractivity contribution < 1.29 is 31.4 Å². The molecular formula is C25H28F2N2O5S. The van der Waals surface area contributed by atoms with Gasteiger partial charge in [-0.05, 0) is 42.9 Å². The van der Waals surface area contributed by atoms with E-state index in [-0.39, 0.29) is 40.6 Å². The second kappa shape index (κ2) is 11.4. The van der Waals surface area contributed by atoms with Crippen LogP contribution in [0, 0.1) is 11.6 Å². The van der Waals surface area contributed by atoms with Gasteiger partial charge >= 0.3 is 0 Å². The largest absolute Gasteiger partial charge is 0.495 e. The Balaban J connectivity index is 2.21. The van der Waals surface area contributed by atoms with Crippen molar-refractivity contribution in [2.75, 3.05) is 45.8 Å². The van der Waals surface area contributed by atoms with Crippen LogP contribution < -0.4 is 23.8 Å². The summed E-state index contributed by atoms with van der Waals surface area (Å²) < 4.78 is 73.9. The van der Waals surface area contributed by atoms with Gasteiger partial charge in [0.05, 0.1) is 31.9 Å². The van der Waals surface area contributed by atoms with Crippen molar-refractivity contribution in [3.05, 3.63) is 77.4 Å². The molecule has 3 aromatic carbocycles. The smallest absolute Gasteiger partial charge is 0.264 e. The summed E-state index contributed by atoms with van der Waals surface area (Å²) in [5, 5.41) is 2.95. The van der Waals surface area contributed by atoms with E-state index in [4.69, 9.17) is 14.2 Å². The van der Waals surface area contributed by atoms with Gasteiger partial charge in [-0.2, -0.15) is 0 Å².